The van der Waals surface area contributed by atoms with Crippen LogP contribution in [0.5, 0.6) is 0 Å². The molecule has 0 spiro atoms. The molecule has 0 saturated heterocycles. The van der Waals surface area contributed by atoms with Crippen LogP contribution in [0.4, 0.5) is 18.9 Å². The molecule has 0 fully saturated rings. The van der Waals surface area contributed by atoms with Crippen LogP contribution in [-0.2, 0) is 6.18 Å². The van der Waals surface area contributed by atoms with Crippen molar-refractivity contribution >= 4 is 29.3 Å². The largest absolute Gasteiger partial charge is 0.416 e. The minimum Gasteiger partial charge on any atom is -0.370 e. The van der Waals surface area contributed by atoms with Gasteiger partial charge in [-0.1, -0.05) is 17.8 Å². The maximum atomic E-state index is 12.8. The van der Waals surface area contributed by atoms with E-state index in [0.29, 0.717) is 5.56 Å². The molecule has 0 aliphatic rings. The monoisotopic (exact) mass is 398 g/mol. The molecular weight excluding hydrogens is 385 g/mol. The number of benzene rings is 2. The topological polar surface area (TPSA) is 125 Å². The highest BCUT2D eigenvalue weighted by atomic mass is 32.2. The molecule has 142 valence electrons. The SMILES string of the molecule is Cc1cc(Sc2cccc(C(F)(F)F)c2)c([N+](=O)[O-])cc1C(=O)N=C(N)N. The number of aryl methyl sites for hydroxylation is 1. The summed E-state index contributed by atoms with van der Waals surface area (Å²) in [7, 11) is 0. The Bertz CT molecular complexity index is 941. The molecule has 0 aromatic heterocycles. The van der Waals surface area contributed by atoms with Crippen LogP contribution < -0.4 is 11.5 Å². The Kier molecular flexibility index (Phi) is 5.74. The Morgan fingerprint density at radius 3 is 2.44 bits per heavy atom. The number of aliphatic imine (C=N–C) groups is 1. The van der Waals surface area contributed by atoms with Gasteiger partial charge in [-0.3, -0.25) is 14.9 Å². The summed E-state index contributed by atoms with van der Waals surface area (Å²) < 4.78 is 38.5. The van der Waals surface area contributed by atoms with Crippen LogP contribution in [0.1, 0.15) is 21.5 Å². The quantitative estimate of drug-likeness (QED) is 0.352. The summed E-state index contributed by atoms with van der Waals surface area (Å²) in [5.74, 6) is -1.35. The second-order valence-corrected chi connectivity index (χ2v) is 6.48. The standard InChI is InChI=1S/C16H13F3N4O3S/c1-8-5-13(27-10-4-2-3-9(6-10)16(17,18)19)12(23(25)26)7-11(8)14(24)22-15(20)21/h2-7H,1H3,(H4,20,21,22,24). The van der Waals surface area contributed by atoms with Gasteiger partial charge in [0, 0.05) is 11.0 Å². The number of nitrogens with zero attached hydrogens (tertiary/aromatic N) is 2. The number of carbonyl (C=O) groups excluding carboxylic acids is 1. The number of hydrogen-bond donors (Lipinski definition) is 2. The van der Waals surface area contributed by atoms with Crippen LogP contribution in [0.25, 0.3) is 0 Å². The van der Waals surface area contributed by atoms with Gasteiger partial charge in [-0.2, -0.15) is 18.2 Å². The number of guanidine groups is 1. The summed E-state index contributed by atoms with van der Waals surface area (Å²) in [4.78, 5) is 26.2. The fraction of sp³-hybridized carbons (Fsp3) is 0.125. The van der Waals surface area contributed by atoms with Gasteiger partial charge in [0.2, 0.25) is 0 Å². The second-order valence-electron chi connectivity index (χ2n) is 5.36. The van der Waals surface area contributed by atoms with E-state index >= 15 is 0 Å². The maximum Gasteiger partial charge on any atom is 0.416 e. The van der Waals surface area contributed by atoms with E-state index in [0.717, 1.165) is 30.0 Å². The van der Waals surface area contributed by atoms with Crippen molar-refractivity contribution in [2.24, 2.45) is 16.5 Å². The summed E-state index contributed by atoms with van der Waals surface area (Å²) in [5.41, 5.74) is 9.22. The van der Waals surface area contributed by atoms with Gasteiger partial charge in [-0.05, 0) is 36.8 Å². The Balaban J connectivity index is 2.49. The van der Waals surface area contributed by atoms with Crippen molar-refractivity contribution in [3.8, 4) is 0 Å². The number of nitro benzene ring substituents is 1. The van der Waals surface area contributed by atoms with Gasteiger partial charge < -0.3 is 11.5 Å². The van der Waals surface area contributed by atoms with Crippen molar-refractivity contribution in [1.29, 1.82) is 0 Å². The first-order valence-electron chi connectivity index (χ1n) is 7.27. The van der Waals surface area contributed by atoms with Crippen LogP contribution in [0, 0.1) is 17.0 Å². The fourth-order valence-electron chi connectivity index (χ4n) is 2.17. The molecule has 2 aromatic carbocycles. The first-order chi connectivity index (χ1) is 12.5. The third kappa shape index (κ3) is 4.97. The van der Waals surface area contributed by atoms with Crippen molar-refractivity contribution < 1.29 is 22.9 Å². The number of nitro groups is 1. The Morgan fingerprint density at radius 2 is 1.89 bits per heavy atom. The highest BCUT2D eigenvalue weighted by Gasteiger charge is 2.30. The third-order valence-corrected chi connectivity index (χ3v) is 4.39. The van der Waals surface area contributed by atoms with E-state index in [1.165, 1.54) is 25.1 Å². The molecule has 27 heavy (non-hydrogen) atoms. The van der Waals surface area contributed by atoms with Crippen LogP contribution in [-0.4, -0.2) is 16.8 Å². The number of amides is 1. The van der Waals surface area contributed by atoms with Crippen molar-refractivity contribution in [2.45, 2.75) is 22.9 Å². The van der Waals surface area contributed by atoms with Crippen molar-refractivity contribution in [3.05, 3.63) is 63.2 Å². The predicted octanol–water partition coefficient (Wildman–Crippen LogP) is 3.49. The molecule has 2 rings (SSSR count). The van der Waals surface area contributed by atoms with Gasteiger partial charge in [0.05, 0.1) is 20.9 Å². The number of halogens is 3. The molecule has 0 heterocycles. The first kappa shape index (κ1) is 20.2. The van der Waals surface area contributed by atoms with Crippen molar-refractivity contribution in [3.63, 3.8) is 0 Å². The van der Waals surface area contributed by atoms with Gasteiger partial charge in [-0.15, -0.1) is 0 Å². The van der Waals surface area contributed by atoms with Crippen LogP contribution in [0.2, 0.25) is 0 Å². The highest BCUT2D eigenvalue weighted by molar-refractivity contribution is 7.99. The molecule has 0 aliphatic carbocycles. The summed E-state index contributed by atoms with van der Waals surface area (Å²) in [5, 5.41) is 11.4. The maximum absolute atomic E-state index is 12.8. The average Bonchev–Trinajstić information content (AvgIpc) is 2.53. The van der Waals surface area contributed by atoms with E-state index in [9.17, 15) is 28.1 Å². The first-order valence-corrected chi connectivity index (χ1v) is 8.09. The van der Waals surface area contributed by atoms with Gasteiger partial charge >= 0.3 is 6.18 Å². The van der Waals surface area contributed by atoms with Gasteiger partial charge in [0.25, 0.3) is 11.6 Å². The van der Waals surface area contributed by atoms with Gasteiger partial charge in [0.1, 0.15) is 0 Å². The Labute approximate surface area is 155 Å². The Morgan fingerprint density at radius 1 is 1.22 bits per heavy atom. The Hall–Kier alpha value is -3.08. The lowest BCUT2D eigenvalue weighted by molar-refractivity contribution is -0.387. The lowest BCUT2D eigenvalue weighted by atomic mass is 10.1. The molecule has 0 saturated carbocycles. The molecule has 0 bridgehead atoms. The smallest absolute Gasteiger partial charge is 0.370 e. The summed E-state index contributed by atoms with van der Waals surface area (Å²) in [6.45, 7) is 1.51. The summed E-state index contributed by atoms with van der Waals surface area (Å²) in [6.07, 6.45) is -4.53. The van der Waals surface area contributed by atoms with E-state index in [-0.39, 0.29) is 15.4 Å². The minimum absolute atomic E-state index is 0.0801. The van der Waals surface area contributed by atoms with Gasteiger partial charge in [-0.25, -0.2) is 0 Å². The second kappa shape index (κ2) is 7.66. The molecule has 0 unspecified atom stereocenters. The third-order valence-electron chi connectivity index (χ3n) is 3.35. The number of hydrogen-bond acceptors (Lipinski definition) is 4. The lowest BCUT2D eigenvalue weighted by Gasteiger charge is -2.10. The molecule has 0 atom stereocenters. The van der Waals surface area contributed by atoms with E-state index in [1.54, 1.807) is 0 Å². The molecule has 0 radical (unpaired) electrons. The number of carbonyl (C=O) groups is 1. The van der Waals surface area contributed by atoms with E-state index < -0.39 is 34.2 Å². The van der Waals surface area contributed by atoms with Crippen molar-refractivity contribution in [2.75, 3.05) is 0 Å². The zero-order chi connectivity index (χ0) is 20.4. The number of nitrogens with two attached hydrogens (primary N) is 2. The molecule has 7 nitrogen and oxygen atoms in total. The van der Waals surface area contributed by atoms with E-state index in [2.05, 4.69) is 4.99 Å². The normalized spacial score (nSPS) is 11.1. The molecular formula is C16H13F3N4O3S. The van der Waals surface area contributed by atoms with Crippen LogP contribution in [0.3, 0.4) is 0 Å². The lowest BCUT2D eigenvalue weighted by Crippen LogP contribution is -2.24. The van der Waals surface area contributed by atoms with Crippen LogP contribution in [0.15, 0.2) is 51.2 Å². The zero-order valence-corrected chi connectivity index (χ0v) is 14.6. The average molecular weight is 398 g/mol. The molecule has 11 heteroatoms. The van der Waals surface area contributed by atoms with E-state index in [4.69, 9.17) is 11.5 Å². The molecule has 0 aliphatic heterocycles. The van der Waals surface area contributed by atoms with E-state index in [1.807, 2.05) is 0 Å². The van der Waals surface area contributed by atoms with Crippen molar-refractivity contribution in [1.82, 2.24) is 0 Å². The summed E-state index contributed by atoms with van der Waals surface area (Å²) in [6, 6.07) is 6.74. The predicted molar refractivity (Wildman–Crippen MR) is 93.5 cm³/mol. The minimum atomic E-state index is -4.53. The van der Waals surface area contributed by atoms with Gasteiger partial charge in [0.15, 0.2) is 5.96 Å². The molecule has 1 amide bonds. The van der Waals surface area contributed by atoms with Crippen LogP contribution >= 0.6 is 11.8 Å². The number of alkyl halides is 3. The molecule has 4 N–H and O–H groups in total. The molecule has 2 aromatic rings. The fourth-order valence-corrected chi connectivity index (χ4v) is 3.23. The zero-order valence-electron chi connectivity index (χ0n) is 13.8. The number of rotatable bonds is 4. The summed E-state index contributed by atoms with van der Waals surface area (Å²) >= 11 is 0.783. The highest BCUT2D eigenvalue weighted by Crippen LogP contribution is 2.39.